The maximum absolute atomic E-state index is 13.5. The number of imidazole rings is 1. The van der Waals surface area contributed by atoms with Crippen molar-refractivity contribution in [2.75, 3.05) is 6.54 Å². The Hall–Kier alpha value is -2.83. The molecule has 0 amide bonds. The Kier molecular flexibility index (Phi) is 5.30. The van der Waals surface area contributed by atoms with E-state index in [1.807, 2.05) is 19.9 Å². The zero-order valence-corrected chi connectivity index (χ0v) is 17.3. The summed E-state index contributed by atoms with van der Waals surface area (Å²) in [7, 11) is 0. The van der Waals surface area contributed by atoms with Gasteiger partial charge in [0, 0.05) is 35.8 Å². The maximum atomic E-state index is 13.5. The molecular weight excluding hydrogens is 382 g/mol. The standard InChI is InChI=1S/C24H26F2N4/c1-4-20(24(2,3)27)29-13-14-30-21(15-29)28-22(16-5-9-18(25)10-6-16)23(30)17-7-11-19(26)12-8-17/h4-12,20H,1,13-15,27H2,2-3H3. The molecule has 0 spiro atoms. The van der Waals surface area contributed by atoms with E-state index in [-0.39, 0.29) is 17.7 Å². The fourth-order valence-corrected chi connectivity index (χ4v) is 4.22. The number of aromatic nitrogens is 2. The van der Waals surface area contributed by atoms with Crippen molar-refractivity contribution in [1.29, 1.82) is 0 Å². The van der Waals surface area contributed by atoms with Crippen molar-refractivity contribution in [3.05, 3.63) is 78.6 Å². The summed E-state index contributed by atoms with van der Waals surface area (Å²) in [5.41, 5.74) is 9.32. The lowest BCUT2D eigenvalue weighted by molar-refractivity contribution is 0.134. The number of fused-ring (bicyclic) bond motifs is 1. The third-order valence-electron chi connectivity index (χ3n) is 5.62. The van der Waals surface area contributed by atoms with Crippen molar-refractivity contribution < 1.29 is 8.78 Å². The van der Waals surface area contributed by atoms with E-state index in [2.05, 4.69) is 16.0 Å². The van der Waals surface area contributed by atoms with E-state index in [0.29, 0.717) is 6.54 Å². The summed E-state index contributed by atoms with van der Waals surface area (Å²) >= 11 is 0. The minimum absolute atomic E-state index is 0.00601. The largest absolute Gasteiger partial charge is 0.325 e. The Labute approximate surface area is 175 Å². The normalized spacial score (nSPS) is 15.6. The molecule has 3 aromatic rings. The Balaban J connectivity index is 1.81. The molecular formula is C24H26F2N4. The fraction of sp³-hybridized carbons (Fsp3) is 0.292. The molecule has 2 N–H and O–H groups in total. The molecule has 0 aliphatic carbocycles. The highest BCUT2D eigenvalue weighted by Gasteiger charge is 2.33. The average molecular weight is 408 g/mol. The number of rotatable bonds is 5. The SMILES string of the molecule is C=CC(N1CCn2c(nc(-c3ccc(F)cc3)c2-c2ccc(F)cc2)C1)C(C)(C)N. The first-order valence-corrected chi connectivity index (χ1v) is 10.0. The molecule has 2 heterocycles. The van der Waals surface area contributed by atoms with Crippen molar-refractivity contribution in [3.63, 3.8) is 0 Å². The number of hydrogen-bond donors (Lipinski definition) is 1. The van der Waals surface area contributed by atoms with Gasteiger partial charge < -0.3 is 10.3 Å². The lowest BCUT2D eigenvalue weighted by Crippen LogP contribution is -2.55. The Morgan fingerprint density at radius 3 is 2.10 bits per heavy atom. The van der Waals surface area contributed by atoms with Gasteiger partial charge in [-0.05, 0) is 62.4 Å². The predicted molar refractivity (Wildman–Crippen MR) is 116 cm³/mol. The molecule has 30 heavy (non-hydrogen) atoms. The predicted octanol–water partition coefficient (Wildman–Crippen LogP) is 4.60. The van der Waals surface area contributed by atoms with Gasteiger partial charge in [0.05, 0.1) is 17.9 Å². The van der Waals surface area contributed by atoms with E-state index in [9.17, 15) is 8.78 Å². The van der Waals surface area contributed by atoms with E-state index in [4.69, 9.17) is 10.7 Å². The quantitative estimate of drug-likeness (QED) is 0.628. The van der Waals surface area contributed by atoms with Gasteiger partial charge in [-0.2, -0.15) is 0 Å². The summed E-state index contributed by atoms with van der Waals surface area (Å²) in [6.07, 6.45) is 1.89. The monoisotopic (exact) mass is 408 g/mol. The molecule has 0 fully saturated rings. The molecule has 1 atom stereocenters. The van der Waals surface area contributed by atoms with E-state index in [1.54, 1.807) is 24.3 Å². The molecule has 0 radical (unpaired) electrons. The molecule has 1 aliphatic heterocycles. The van der Waals surface area contributed by atoms with Gasteiger partial charge in [-0.25, -0.2) is 13.8 Å². The smallest absolute Gasteiger partial charge is 0.124 e. The highest BCUT2D eigenvalue weighted by molar-refractivity contribution is 5.79. The number of nitrogens with zero attached hydrogens (tertiary/aromatic N) is 3. The molecule has 0 saturated carbocycles. The van der Waals surface area contributed by atoms with Gasteiger partial charge in [0.15, 0.2) is 0 Å². The summed E-state index contributed by atoms with van der Waals surface area (Å²) in [4.78, 5) is 7.20. The number of halogens is 2. The fourth-order valence-electron chi connectivity index (χ4n) is 4.22. The summed E-state index contributed by atoms with van der Waals surface area (Å²) in [6.45, 7) is 10.1. The minimum atomic E-state index is -0.434. The first-order valence-electron chi connectivity index (χ1n) is 10.0. The van der Waals surface area contributed by atoms with Crippen LogP contribution in [-0.2, 0) is 13.1 Å². The first-order chi connectivity index (χ1) is 14.3. The van der Waals surface area contributed by atoms with Crippen LogP contribution in [0, 0.1) is 11.6 Å². The highest BCUT2D eigenvalue weighted by Crippen LogP contribution is 2.35. The summed E-state index contributed by atoms with van der Waals surface area (Å²) in [6, 6.07) is 12.7. The van der Waals surface area contributed by atoms with Crippen LogP contribution in [0.4, 0.5) is 8.78 Å². The summed E-state index contributed by atoms with van der Waals surface area (Å²) in [5.74, 6) is 0.317. The van der Waals surface area contributed by atoms with Crippen LogP contribution in [0.5, 0.6) is 0 Å². The van der Waals surface area contributed by atoms with Gasteiger partial charge >= 0.3 is 0 Å². The zero-order chi connectivity index (χ0) is 21.5. The molecule has 1 unspecified atom stereocenters. The number of benzene rings is 2. The van der Waals surface area contributed by atoms with Crippen LogP contribution in [0.1, 0.15) is 19.7 Å². The lowest BCUT2D eigenvalue weighted by Gasteiger charge is -2.40. The van der Waals surface area contributed by atoms with Gasteiger partial charge in [-0.1, -0.05) is 6.08 Å². The second kappa shape index (κ2) is 7.78. The van der Waals surface area contributed by atoms with Gasteiger partial charge in [0.25, 0.3) is 0 Å². The number of hydrogen-bond acceptors (Lipinski definition) is 3. The van der Waals surface area contributed by atoms with Gasteiger partial charge in [-0.3, -0.25) is 4.90 Å². The molecule has 0 bridgehead atoms. The van der Waals surface area contributed by atoms with E-state index in [1.165, 1.54) is 24.3 Å². The summed E-state index contributed by atoms with van der Waals surface area (Å²) in [5, 5.41) is 0. The van der Waals surface area contributed by atoms with Crippen LogP contribution in [0.3, 0.4) is 0 Å². The van der Waals surface area contributed by atoms with Crippen molar-refractivity contribution >= 4 is 0 Å². The highest BCUT2D eigenvalue weighted by atomic mass is 19.1. The zero-order valence-electron chi connectivity index (χ0n) is 17.3. The van der Waals surface area contributed by atoms with Crippen LogP contribution < -0.4 is 5.73 Å². The molecule has 4 nitrogen and oxygen atoms in total. The molecule has 1 aliphatic rings. The molecule has 6 heteroatoms. The molecule has 156 valence electrons. The van der Waals surface area contributed by atoms with Crippen molar-refractivity contribution in [3.8, 4) is 22.5 Å². The Morgan fingerprint density at radius 2 is 1.57 bits per heavy atom. The van der Waals surface area contributed by atoms with Crippen LogP contribution in [0.15, 0.2) is 61.2 Å². The van der Waals surface area contributed by atoms with Gasteiger partial charge in [0.1, 0.15) is 17.5 Å². The second-order valence-corrected chi connectivity index (χ2v) is 8.36. The third kappa shape index (κ3) is 3.80. The second-order valence-electron chi connectivity index (χ2n) is 8.36. The van der Waals surface area contributed by atoms with Crippen LogP contribution in [-0.4, -0.2) is 32.6 Å². The third-order valence-corrected chi connectivity index (χ3v) is 5.62. The van der Waals surface area contributed by atoms with Crippen molar-refractivity contribution in [2.45, 2.75) is 38.5 Å². The van der Waals surface area contributed by atoms with Gasteiger partial charge in [-0.15, -0.1) is 6.58 Å². The van der Waals surface area contributed by atoms with Crippen molar-refractivity contribution in [1.82, 2.24) is 14.5 Å². The van der Waals surface area contributed by atoms with E-state index < -0.39 is 5.54 Å². The Bertz CT molecular complexity index is 1050. The van der Waals surface area contributed by atoms with Crippen LogP contribution in [0.25, 0.3) is 22.5 Å². The van der Waals surface area contributed by atoms with E-state index in [0.717, 1.165) is 41.4 Å². The topological polar surface area (TPSA) is 47.1 Å². The minimum Gasteiger partial charge on any atom is -0.325 e. The molecule has 4 rings (SSSR count). The molecule has 2 aromatic carbocycles. The van der Waals surface area contributed by atoms with Gasteiger partial charge in [0.2, 0.25) is 0 Å². The maximum Gasteiger partial charge on any atom is 0.124 e. The number of nitrogens with two attached hydrogens (primary N) is 1. The van der Waals surface area contributed by atoms with Crippen LogP contribution >= 0.6 is 0 Å². The molecule has 1 aromatic heterocycles. The van der Waals surface area contributed by atoms with Crippen LogP contribution in [0.2, 0.25) is 0 Å². The lowest BCUT2D eigenvalue weighted by atomic mass is 9.94. The van der Waals surface area contributed by atoms with E-state index >= 15 is 0 Å². The average Bonchev–Trinajstić information content (AvgIpc) is 3.07. The molecule has 0 saturated heterocycles. The van der Waals surface area contributed by atoms with Crippen molar-refractivity contribution in [2.24, 2.45) is 5.73 Å². The Morgan fingerprint density at radius 1 is 1.00 bits per heavy atom. The first kappa shape index (κ1) is 20.4. The summed E-state index contributed by atoms with van der Waals surface area (Å²) < 4.78 is 29.2.